The van der Waals surface area contributed by atoms with E-state index in [1.165, 1.54) is 11.0 Å². The number of carbonyl (C=O) groups is 2. The van der Waals surface area contributed by atoms with Gasteiger partial charge in [-0.25, -0.2) is 0 Å². The number of para-hydroxylation sites is 2. The molecule has 2 rings (SSSR count). The molecule has 2 amide bonds. The summed E-state index contributed by atoms with van der Waals surface area (Å²) in [7, 11) is 1.66. The first-order valence-electron chi connectivity index (χ1n) is 8.17. The minimum atomic E-state index is -0.210. The standard InChI is InChI=1S/C18H25N3O3/c1-4-17(22)19(5-2)14-18(23)21-12-10-20(11-13-21)15-8-6-7-9-16(15)24-3/h4,6-9H,1,5,10-14H2,2-3H3. The largest absolute Gasteiger partial charge is 0.495 e. The van der Waals surface area contributed by atoms with Crippen LogP contribution in [0.15, 0.2) is 36.9 Å². The van der Waals surface area contributed by atoms with Gasteiger partial charge in [0, 0.05) is 32.7 Å². The van der Waals surface area contributed by atoms with Gasteiger partial charge in [-0.05, 0) is 25.1 Å². The van der Waals surface area contributed by atoms with Gasteiger partial charge in [-0.15, -0.1) is 0 Å². The summed E-state index contributed by atoms with van der Waals surface area (Å²) < 4.78 is 5.40. The molecule has 0 aliphatic carbocycles. The van der Waals surface area contributed by atoms with Crippen molar-refractivity contribution in [3.05, 3.63) is 36.9 Å². The molecular weight excluding hydrogens is 306 g/mol. The molecule has 1 heterocycles. The molecular formula is C18H25N3O3. The van der Waals surface area contributed by atoms with Crippen LogP contribution in [0.3, 0.4) is 0 Å². The molecule has 1 aromatic rings. The summed E-state index contributed by atoms with van der Waals surface area (Å²) >= 11 is 0. The molecule has 0 bridgehead atoms. The molecule has 0 radical (unpaired) electrons. The highest BCUT2D eigenvalue weighted by molar-refractivity contribution is 5.91. The van der Waals surface area contributed by atoms with Crippen LogP contribution in [0.2, 0.25) is 0 Å². The molecule has 6 heteroatoms. The maximum absolute atomic E-state index is 12.4. The number of nitrogens with zero attached hydrogens (tertiary/aromatic N) is 3. The molecule has 24 heavy (non-hydrogen) atoms. The van der Waals surface area contributed by atoms with Crippen molar-refractivity contribution in [2.45, 2.75) is 6.92 Å². The normalized spacial score (nSPS) is 14.2. The minimum Gasteiger partial charge on any atom is -0.495 e. The molecule has 0 saturated carbocycles. The van der Waals surface area contributed by atoms with Crippen molar-refractivity contribution in [2.24, 2.45) is 0 Å². The van der Waals surface area contributed by atoms with Crippen LogP contribution in [0.25, 0.3) is 0 Å². The molecule has 1 aliphatic heterocycles. The number of hydrogen-bond acceptors (Lipinski definition) is 4. The molecule has 0 unspecified atom stereocenters. The fraction of sp³-hybridized carbons (Fsp3) is 0.444. The van der Waals surface area contributed by atoms with Crippen molar-refractivity contribution < 1.29 is 14.3 Å². The van der Waals surface area contributed by atoms with Crippen LogP contribution in [-0.4, -0.2) is 68.0 Å². The van der Waals surface area contributed by atoms with Gasteiger partial charge in [-0.1, -0.05) is 18.7 Å². The number of carbonyl (C=O) groups excluding carboxylic acids is 2. The first-order valence-corrected chi connectivity index (χ1v) is 8.17. The van der Waals surface area contributed by atoms with Crippen LogP contribution >= 0.6 is 0 Å². The molecule has 6 nitrogen and oxygen atoms in total. The lowest BCUT2D eigenvalue weighted by Crippen LogP contribution is -2.51. The van der Waals surface area contributed by atoms with Crippen molar-refractivity contribution in [3.63, 3.8) is 0 Å². The second kappa shape index (κ2) is 8.38. The van der Waals surface area contributed by atoms with Crippen LogP contribution in [-0.2, 0) is 9.59 Å². The molecule has 1 saturated heterocycles. The van der Waals surface area contributed by atoms with Crippen molar-refractivity contribution >= 4 is 17.5 Å². The number of anilines is 1. The van der Waals surface area contributed by atoms with Crippen LogP contribution in [0.1, 0.15) is 6.92 Å². The number of piperazine rings is 1. The quantitative estimate of drug-likeness (QED) is 0.739. The van der Waals surface area contributed by atoms with Crippen LogP contribution in [0.5, 0.6) is 5.75 Å². The van der Waals surface area contributed by atoms with E-state index >= 15 is 0 Å². The highest BCUT2D eigenvalue weighted by atomic mass is 16.5. The number of benzene rings is 1. The average Bonchev–Trinajstić information content (AvgIpc) is 2.65. The average molecular weight is 331 g/mol. The van der Waals surface area contributed by atoms with Crippen molar-refractivity contribution in [2.75, 3.05) is 51.3 Å². The lowest BCUT2D eigenvalue weighted by Gasteiger charge is -2.37. The maximum Gasteiger partial charge on any atom is 0.246 e. The summed E-state index contributed by atoms with van der Waals surface area (Å²) in [6.07, 6.45) is 1.25. The van der Waals surface area contributed by atoms with Crippen molar-refractivity contribution in [1.82, 2.24) is 9.80 Å². The zero-order valence-corrected chi connectivity index (χ0v) is 14.4. The third-order valence-corrected chi connectivity index (χ3v) is 4.25. The number of hydrogen-bond donors (Lipinski definition) is 0. The van der Waals surface area contributed by atoms with Crippen LogP contribution < -0.4 is 9.64 Å². The number of ether oxygens (including phenoxy) is 1. The number of rotatable bonds is 6. The smallest absolute Gasteiger partial charge is 0.246 e. The Kier molecular flexibility index (Phi) is 6.23. The molecule has 0 aromatic heterocycles. The van der Waals surface area contributed by atoms with Crippen molar-refractivity contribution in [1.29, 1.82) is 0 Å². The topological polar surface area (TPSA) is 53.1 Å². The van der Waals surface area contributed by atoms with Gasteiger partial charge in [0.15, 0.2) is 0 Å². The monoisotopic (exact) mass is 331 g/mol. The minimum absolute atomic E-state index is 0.0215. The van der Waals surface area contributed by atoms with E-state index in [0.717, 1.165) is 24.5 Å². The highest BCUT2D eigenvalue weighted by Crippen LogP contribution is 2.28. The Balaban J connectivity index is 1.93. The van der Waals surface area contributed by atoms with E-state index in [2.05, 4.69) is 11.5 Å². The Bertz CT molecular complexity index is 595. The van der Waals surface area contributed by atoms with Gasteiger partial charge in [-0.3, -0.25) is 9.59 Å². The molecule has 0 spiro atoms. The fourth-order valence-corrected chi connectivity index (χ4v) is 2.83. The lowest BCUT2D eigenvalue weighted by molar-refractivity contribution is -0.138. The third-order valence-electron chi connectivity index (χ3n) is 4.25. The lowest BCUT2D eigenvalue weighted by atomic mass is 10.2. The summed E-state index contributed by atoms with van der Waals surface area (Å²) in [4.78, 5) is 29.6. The third kappa shape index (κ3) is 4.07. The van der Waals surface area contributed by atoms with Crippen molar-refractivity contribution in [3.8, 4) is 5.75 Å². The first kappa shape index (κ1) is 17.8. The van der Waals surface area contributed by atoms with E-state index in [1.807, 2.05) is 36.1 Å². The van der Waals surface area contributed by atoms with Gasteiger partial charge >= 0.3 is 0 Å². The summed E-state index contributed by atoms with van der Waals surface area (Å²) in [5.41, 5.74) is 1.05. The molecule has 1 aliphatic rings. The van der Waals surface area contributed by atoms with E-state index in [4.69, 9.17) is 4.74 Å². The number of likely N-dealkylation sites (N-methyl/N-ethyl adjacent to an activating group) is 1. The Morgan fingerprint density at radius 2 is 1.92 bits per heavy atom. The van der Waals surface area contributed by atoms with Crippen LogP contribution in [0.4, 0.5) is 5.69 Å². The predicted molar refractivity (Wildman–Crippen MR) is 94.2 cm³/mol. The molecule has 1 aromatic carbocycles. The Morgan fingerprint density at radius 3 is 2.50 bits per heavy atom. The Morgan fingerprint density at radius 1 is 1.25 bits per heavy atom. The second-order valence-corrected chi connectivity index (χ2v) is 5.60. The summed E-state index contributed by atoms with van der Waals surface area (Å²) in [6, 6.07) is 7.89. The maximum atomic E-state index is 12.4. The number of amides is 2. The van der Waals surface area contributed by atoms with E-state index in [-0.39, 0.29) is 18.4 Å². The summed E-state index contributed by atoms with van der Waals surface area (Å²) in [6.45, 7) is 8.69. The Hall–Kier alpha value is -2.50. The molecule has 1 fully saturated rings. The van der Waals surface area contributed by atoms with Gasteiger partial charge in [0.1, 0.15) is 5.75 Å². The second-order valence-electron chi connectivity index (χ2n) is 5.60. The number of methoxy groups -OCH3 is 1. The Labute approximate surface area is 143 Å². The highest BCUT2D eigenvalue weighted by Gasteiger charge is 2.24. The molecule has 0 N–H and O–H groups in total. The summed E-state index contributed by atoms with van der Waals surface area (Å²) in [5.74, 6) is 0.608. The van der Waals surface area contributed by atoms with Gasteiger partial charge < -0.3 is 19.4 Å². The van der Waals surface area contributed by atoms with E-state index < -0.39 is 0 Å². The zero-order chi connectivity index (χ0) is 17.5. The SMILES string of the molecule is C=CC(=O)N(CC)CC(=O)N1CCN(c2ccccc2OC)CC1. The fourth-order valence-electron chi connectivity index (χ4n) is 2.83. The summed E-state index contributed by atoms with van der Waals surface area (Å²) in [5, 5.41) is 0. The van der Waals surface area contributed by atoms with Gasteiger partial charge in [0.2, 0.25) is 11.8 Å². The predicted octanol–water partition coefficient (Wildman–Crippen LogP) is 1.38. The molecule has 0 atom stereocenters. The van der Waals surface area contributed by atoms with Crippen LogP contribution in [0, 0.1) is 0 Å². The molecule has 130 valence electrons. The zero-order valence-electron chi connectivity index (χ0n) is 14.4. The van der Waals surface area contributed by atoms with Gasteiger partial charge in [0.05, 0.1) is 19.3 Å². The first-order chi connectivity index (χ1) is 11.6. The van der Waals surface area contributed by atoms with E-state index in [9.17, 15) is 9.59 Å². The van der Waals surface area contributed by atoms with E-state index in [1.54, 1.807) is 7.11 Å². The van der Waals surface area contributed by atoms with Gasteiger partial charge in [0.25, 0.3) is 0 Å². The van der Waals surface area contributed by atoms with E-state index in [0.29, 0.717) is 19.6 Å². The van der Waals surface area contributed by atoms with Gasteiger partial charge in [-0.2, -0.15) is 0 Å².